The van der Waals surface area contributed by atoms with Gasteiger partial charge in [-0.25, -0.2) is 13.4 Å². The van der Waals surface area contributed by atoms with Gasteiger partial charge in [0.15, 0.2) is 20.7 Å². The van der Waals surface area contributed by atoms with E-state index >= 15 is 0 Å². The molecule has 3 aromatic rings. The van der Waals surface area contributed by atoms with Gasteiger partial charge in [0.25, 0.3) is 5.91 Å². The second-order valence-electron chi connectivity index (χ2n) is 6.14. The number of carbonyl (C=O) groups is 1. The summed E-state index contributed by atoms with van der Waals surface area (Å²) in [7, 11) is 0.544. The number of rotatable bonds is 6. The summed E-state index contributed by atoms with van der Waals surface area (Å²) < 4.78 is 29.5. The molecule has 0 aliphatic rings. The molecule has 0 unspecified atom stereocenters. The predicted octanol–water partition coefficient (Wildman–Crippen LogP) is 2.50. The van der Waals surface area contributed by atoms with Crippen molar-refractivity contribution in [1.29, 1.82) is 0 Å². The number of amides is 1. The van der Waals surface area contributed by atoms with Gasteiger partial charge in [0, 0.05) is 19.3 Å². The van der Waals surface area contributed by atoms with Crippen LogP contribution in [0.5, 0.6) is 0 Å². The average Bonchev–Trinajstić information content (AvgIpc) is 3.22. The second-order valence-corrected chi connectivity index (χ2v) is 9.16. The van der Waals surface area contributed by atoms with Crippen molar-refractivity contribution in [3.8, 4) is 0 Å². The van der Waals surface area contributed by atoms with Gasteiger partial charge in [0.2, 0.25) is 0 Å². The summed E-state index contributed by atoms with van der Waals surface area (Å²) in [6, 6.07) is 8.05. The standard InChI is InChI=1S/C17H19N3O4S2/c1-19(2)8-9-20(16(21)14-5-4-10-24-14)17-18-13-7-6-12(26(3,22)23)11-15(13)25-17/h4-7,10-11H,8-9H2,1-3H3. The fourth-order valence-corrected chi connectivity index (χ4v) is 4.11. The molecule has 0 atom stereocenters. The lowest BCUT2D eigenvalue weighted by atomic mass is 10.3. The van der Waals surface area contributed by atoms with Crippen LogP contribution in [0.1, 0.15) is 10.6 Å². The van der Waals surface area contributed by atoms with Gasteiger partial charge < -0.3 is 9.32 Å². The first-order chi connectivity index (χ1) is 12.3. The van der Waals surface area contributed by atoms with Crippen molar-refractivity contribution in [3.05, 3.63) is 42.4 Å². The van der Waals surface area contributed by atoms with Crippen LogP contribution >= 0.6 is 11.3 Å². The molecular formula is C17H19N3O4S2. The number of likely N-dealkylation sites (N-methyl/N-ethyl adjacent to an activating group) is 1. The molecule has 0 bridgehead atoms. The third kappa shape index (κ3) is 3.95. The minimum Gasteiger partial charge on any atom is -0.459 e. The summed E-state index contributed by atoms with van der Waals surface area (Å²) in [6.07, 6.45) is 2.62. The summed E-state index contributed by atoms with van der Waals surface area (Å²) in [4.78, 5) is 21.1. The van der Waals surface area contributed by atoms with Crippen LogP contribution in [0.25, 0.3) is 10.2 Å². The third-order valence-electron chi connectivity index (χ3n) is 3.76. The van der Waals surface area contributed by atoms with E-state index in [0.29, 0.717) is 28.4 Å². The Morgan fingerprint density at radius 1 is 1.23 bits per heavy atom. The number of thiazole rings is 1. The Balaban J connectivity index is 2.01. The lowest BCUT2D eigenvalue weighted by Crippen LogP contribution is -2.36. The van der Waals surface area contributed by atoms with E-state index in [1.165, 1.54) is 29.9 Å². The van der Waals surface area contributed by atoms with Gasteiger partial charge in [-0.2, -0.15) is 0 Å². The first-order valence-electron chi connectivity index (χ1n) is 7.86. The number of nitrogens with zero attached hydrogens (tertiary/aromatic N) is 3. The number of hydrogen-bond acceptors (Lipinski definition) is 7. The summed E-state index contributed by atoms with van der Waals surface area (Å²) in [5.74, 6) is -0.0425. The Kier molecular flexibility index (Phi) is 5.12. The van der Waals surface area contributed by atoms with Crippen molar-refractivity contribution in [2.75, 3.05) is 38.3 Å². The molecule has 2 aromatic heterocycles. The van der Waals surface area contributed by atoms with Crippen LogP contribution in [-0.2, 0) is 9.84 Å². The Bertz CT molecular complexity index is 1020. The molecular weight excluding hydrogens is 374 g/mol. The quantitative estimate of drug-likeness (QED) is 0.640. The Morgan fingerprint density at radius 3 is 2.62 bits per heavy atom. The molecule has 0 aliphatic carbocycles. The Morgan fingerprint density at radius 2 is 2.00 bits per heavy atom. The van der Waals surface area contributed by atoms with Crippen molar-refractivity contribution >= 4 is 42.4 Å². The van der Waals surface area contributed by atoms with E-state index in [9.17, 15) is 13.2 Å². The van der Waals surface area contributed by atoms with Gasteiger partial charge in [0.05, 0.1) is 21.4 Å². The van der Waals surface area contributed by atoms with Gasteiger partial charge in [0.1, 0.15) is 0 Å². The van der Waals surface area contributed by atoms with E-state index in [4.69, 9.17) is 4.42 Å². The zero-order valence-corrected chi connectivity index (χ0v) is 16.3. The average molecular weight is 393 g/mol. The highest BCUT2D eigenvalue weighted by atomic mass is 32.2. The molecule has 3 rings (SSSR count). The molecule has 1 aromatic carbocycles. The van der Waals surface area contributed by atoms with E-state index in [2.05, 4.69) is 4.98 Å². The molecule has 138 valence electrons. The van der Waals surface area contributed by atoms with Crippen molar-refractivity contribution < 1.29 is 17.6 Å². The SMILES string of the molecule is CN(C)CCN(C(=O)c1ccco1)c1nc2ccc(S(C)(=O)=O)cc2s1. The topological polar surface area (TPSA) is 83.7 Å². The van der Waals surface area contributed by atoms with Crippen molar-refractivity contribution in [2.45, 2.75) is 4.90 Å². The molecule has 0 saturated carbocycles. The fraction of sp³-hybridized carbons (Fsp3) is 0.294. The van der Waals surface area contributed by atoms with Crippen LogP contribution in [0.3, 0.4) is 0 Å². The monoisotopic (exact) mass is 393 g/mol. The number of fused-ring (bicyclic) bond motifs is 1. The van der Waals surface area contributed by atoms with Crippen LogP contribution in [0, 0.1) is 0 Å². The highest BCUT2D eigenvalue weighted by Crippen LogP contribution is 2.31. The lowest BCUT2D eigenvalue weighted by molar-refractivity contribution is 0.0958. The maximum atomic E-state index is 12.8. The Labute approximate surface area is 155 Å². The summed E-state index contributed by atoms with van der Waals surface area (Å²) in [5, 5.41) is 0.508. The fourth-order valence-electron chi connectivity index (χ4n) is 2.36. The molecule has 0 radical (unpaired) electrons. The molecule has 26 heavy (non-hydrogen) atoms. The third-order valence-corrected chi connectivity index (χ3v) is 5.91. The second kappa shape index (κ2) is 7.18. The van der Waals surface area contributed by atoms with Crippen LogP contribution in [0.4, 0.5) is 5.13 Å². The minimum atomic E-state index is -3.30. The smallest absolute Gasteiger partial charge is 0.295 e. The highest BCUT2D eigenvalue weighted by molar-refractivity contribution is 7.90. The molecule has 1 amide bonds. The van der Waals surface area contributed by atoms with E-state index in [0.717, 1.165) is 0 Å². The van der Waals surface area contributed by atoms with Crippen molar-refractivity contribution in [3.63, 3.8) is 0 Å². The van der Waals surface area contributed by atoms with Gasteiger partial charge in [-0.05, 0) is 44.4 Å². The highest BCUT2D eigenvalue weighted by Gasteiger charge is 2.23. The number of aromatic nitrogens is 1. The van der Waals surface area contributed by atoms with Crippen LogP contribution < -0.4 is 4.90 Å². The summed E-state index contributed by atoms with van der Waals surface area (Å²) >= 11 is 1.28. The maximum Gasteiger partial charge on any atom is 0.295 e. The molecule has 0 N–H and O–H groups in total. The number of carbonyl (C=O) groups excluding carboxylic acids is 1. The minimum absolute atomic E-state index is 0.234. The number of hydrogen-bond donors (Lipinski definition) is 0. The maximum absolute atomic E-state index is 12.8. The number of anilines is 1. The van der Waals surface area contributed by atoms with Gasteiger partial charge in [-0.15, -0.1) is 0 Å². The molecule has 2 heterocycles. The number of benzene rings is 1. The summed E-state index contributed by atoms with van der Waals surface area (Å²) in [6.45, 7) is 1.09. The van der Waals surface area contributed by atoms with E-state index in [1.807, 2.05) is 19.0 Å². The molecule has 7 nitrogen and oxygen atoms in total. The number of furan rings is 1. The summed E-state index contributed by atoms with van der Waals surface area (Å²) in [5.41, 5.74) is 0.652. The van der Waals surface area contributed by atoms with E-state index < -0.39 is 9.84 Å². The zero-order valence-electron chi connectivity index (χ0n) is 14.7. The van der Waals surface area contributed by atoms with E-state index in [-0.39, 0.29) is 16.6 Å². The first-order valence-corrected chi connectivity index (χ1v) is 10.6. The normalized spacial score (nSPS) is 12.0. The zero-order chi connectivity index (χ0) is 18.9. The molecule has 0 saturated heterocycles. The van der Waals surface area contributed by atoms with E-state index in [1.54, 1.807) is 29.2 Å². The van der Waals surface area contributed by atoms with Crippen LogP contribution in [0.15, 0.2) is 45.9 Å². The Hall–Kier alpha value is -2.23. The largest absolute Gasteiger partial charge is 0.459 e. The van der Waals surface area contributed by atoms with Gasteiger partial charge in [-0.3, -0.25) is 9.69 Å². The van der Waals surface area contributed by atoms with Crippen molar-refractivity contribution in [1.82, 2.24) is 9.88 Å². The molecule has 0 fully saturated rings. The molecule has 0 aliphatic heterocycles. The van der Waals surface area contributed by atoms with Gasteiger partial charge in [-0.1, -0.05) is 11.3 Å². The van der Waals surface area contributed by atoms with Crippen molar-refractivity contribution in [2.24, 2.45) is 0 Å². The van der Waals surface area contributed by atoms with Gasteiger partial charge >= 0.3 is 0 Å². The lowest BCUT2D eigenvalue weighted by Gasteiger charge is -2.20. The van der Waals surface area contributed by atoms with Crippen LogP contribution in [-0.4, -0.2) is 57.6 Å². The molecule has 0 spiro atoms. The molecule has 9 heteroatoms. The first kappa shape index (κ1) is 18.6. The predicted molar refractivity (Wildman–Crippen MR) is 102 cm³/mol. The van der Waals surface area contributed by atoms with Crippen LogP contribution in [0.2, 0.25) is 0 Å². The number of sulfone groups is 1.